The lowest BCUT2D eigenvalue weighted by atomic mass is 9.97. The van der Waals surface area contributed by atoms with Crippen molar-refractivity contribution < 1.29 is 38.2 Å². The first-order valence-electron chi connectivity index (χ1n) is 10.5. The highest BCUT2D eigenvalue weighted by molar-refractivity contribution is 7.51. The topological polar surface area (TPSA) is 189 Å². The molecule has 0 radical (unpaired) electrons. The third-order valence-corrected chi connectivity index (χ3v) is 4.87. The van der Waals surface area contributed by atoms with E-state index in [1.165, 1.54) is 0 Å². The summed E-state index contributed by atoms with van der Waals surface area (Å²) < 4.78 is 28.3. The Morgan fingerprint density at radius 1 is 0.971 bits per heavy atom. The quantitative estimate of drug-likeness (QED) is 0.257. The van der Waals surface area contributed by atoms with Crippen molar-refractivity contribution in [1.29, 1.82) is 0 Å². The van der Waals surface area contributed by atoms with Gasteiger partial charge in [-0.05, 0) is 41.5 Å². The predicted octanol–water partition coefficient (Wildman–Crippen LogP) is 1.74. The Balaban J connectivity index is 2.35. The van der Waals surface area contributed by atoms with E-state index in [1.807, 2.05) is 0 Å². The fourth-order valence-electron chi connectivity index (χ4n) is 2.56. The summed E-state index contributed by atoms with van der Waals surface area (Å²) in [6.45, 7) is 9.85. The van der Waals surface area contributed by atoms with Crippen LogP contribution in [0.25, 0.3) is 11.2 Å². The van der Waals surface area contributed by atoms with E-state index in [4.69, 9.17) is 29.7 Å². The van der Waals surface area contributed by atoms with Crippen molar-refractivity contribution in [1.82, 2.24) is 19.5 Å². The molecule has 4 N–H and O–H groups in total. The molecule has 0 fully saturated rings. The number of rotatable bonds is 9. The first-order chi connectivity index (χ1) is 15.5. The standard InChI is InChI=1S/C20H32N5O8P/c1-19(2,3)17(26)32-9-12-22-15(21)14-16(23-12)25(7-8-31-11-34(28,29)30)13(24-14)10-33-18(27)20(4,5)6/h7-11H2,1-6H3,(H2,21,22,23)(H2,28,29,30). The highest BCUT2D eigenvalue weighted by atomic mass is 31.2. The number of ether oxygens (including phenoxy) is 3. The molecule has 34 heavy (non-hydrogen) atoms. The zero-order valence-electron chi connectivity index (χ0n) is 20.2. The number of fused-ring (bicyclic) bond motifs is 1. The molecule has 0 unspecified atom stereocenters. The van der Waals surface area contributed by atoms with E-state index in [2.05, 4.69) is 15.0 Å². The van der Waals surface area contributed by atoms with Crippen molar-refractivity contribution in [3.8, 4) is 0 Å². The van der Waals surface area contributed by atoms with Gasteiger partial charge in [0.15, 0.2) is 29.4 Å². The minimum atomic E-state index is -4.34. The van der Waals surface area contributed by atoms with Gasteiger partial charge in [-0.25, -0.2) is 15.0 Å². The first kappa shape index (κ1) is 27.6. The van der Waals surface area contributed by atoms with E-state index < -0.39 is 36.7 Å². The summed E-state index contributed by atoms with van der Waals surface area (Å²) >= 11 is 0. The molecule has 0 aliphatic heterocycles. The van der Waals surface area contributed by atoms with Gasteiger partial charge in [0.1, 0.15) is 18.8 Å². The Bertz CT molecular complexity index is 1100. The number of hydrogen-bond donors (Lipinski definition) is 3. The Kier molecular flexibility index (Phi) is 8.41. The molecule has 2 aromatic rings. The molecule has 14 heteroatoms. The minimum Gasteiger partial charge on any atom is -0.457 e. The van der Waals surface area contributed by atoms with Gasteiger partial charge < -0.3 is 34.3 Å². The molecule has 0 aromatic carbocycles. The van der Waals surface area contributed by atoms with Crippen LogP contribution >= 0.6 is 7.60 Å². The van der Waals surface area contributed by atoms with Gasteiger partial charge in [0.2, 0.25) is 0 Å². The van der Waals surface area contributed by atoms with Crippen molar-refractivity contribution in [3.05, 3.63) is 11.6 Å². The molecular formula is C20H32N5O8P. The first-order valence-corrected chi connectivity index (χ1v) is 12.3. The predicted molar refractivity (Wildman–Crippen MR) is 121 cm³/mol. The molecule has 0 atom stereocenters. The van der Waals surface area contributed by atoms with Crippen molar-refractivity contribution in [3.63, 3.8) is 0 Å². The number of hydrogen-bond acceptors (Lipinski definition) is 10. The molecule has 2 heterocycles. The maximum atomic E-state index is 12.2. The number of nitrogens with zero attached hydrogens (tertiary/aromatic N) is 4. The largest absolute Gasteiger partial charge is 0.457 e. The molecule has 2 rings (SSSR count). The number of carbonyl (C=O) groups is 2. The lowest BCUT2D eigenvalue weighted by molar-refractivity contribution is -0.155. The van der Waals surface area contributed by atoms with Crippen LogP contribution in [0.3, 0.4) is 0 Å². The Labute approximate surface area is 197 Å². The van der Waals surface area contributed by atoms with E-state index >= 15 is 0 Å². The van der Waals surface area contributed by atoms with Crippen LogP contribution in [-0.4, -0.2) is 54.2 Å². The molecular weight excluding hydrogens is 469 g/mol. The van der Waals surface area contributed by atoms with E-state index in [9.17, 15) is 14.2 Å². The van der Waals surface area contributed by atoms with E-state index in [-0.39, 0.29) is 55.0 Å². The van der Waals surface area contributed by atoms with Gasteiger partial charge >= 0.3 is 19.5 Å². The summed E-state index contributed by atoms with van der Waals surface area (Å²) in [5.41, 5.74) is 5.13. The molecule has 0 saturated heterocycles. The molecule has 0 aliphatic carbocycles. The third kappa shape index (κ3) is 7.73. The van der Waals surface area contributed by atoms with Crippen molar-refractivity contribution in [2.75, 3.05) is 18.7 Å². The van der Waals surface area contributed by atoms with Gasteiger partial charge in [0, 0.05) is 6.54 Å². The van der Waals surface area contributed by atoms with Gasteiger partial charge in [-0.3, -0.25) is 14.2 Å². The normalized spacial score (nSPS) is 12.7. The number of esters is 2. The Morgan fingerprint density at radius 3 is 2.06 bits per heavy atom. The summed E-state index contributed by atoms with van der Waals surface area (Å²) in [6.07, 6.45) is -0.751. The average Bonchev–Trinajstić information content (AvgIpc) is 3.03. The van der Waals surface area contributed by atoms with Crippen LogP contribution < -0.4 is 5.73 Å². The van der Waals surface area contributed by atoms with Crippen LogP contribution in [0.1, 0.15) is 53.2 Å². The second-order valence-corrected chi connectivity index (χ2v) is 11.3. The number of aromatic nitrogens is 4. The zero-order valence-corrected chi connectivity index (χ0v) is 21.1. The van der Waals surface area contributed by atoms with Crippen LogP contribution in [0.5, 0.6) is 0 Å². The fourth-order valence-corrected chi connectivity index (χ4v) is 2.92. The molecule has 0 aliphatic rings. The highest BCUT2D eigenvalue weighted by Gasteiger charge is 2.26. The second-order valence-electron chi connectivity index (χ2n) is 9.73. The van der Waals surface area contributed by atoms with Gasteiger partial charge in [0.25, 0.3) is 0 Å². The maximum absolute atomic E-state index is 12.2. The second kappa shape index (κ2) is 10.3. The van der Waals surface area contributed by atoms with Gasteiger partial charge in [-0.15, -0.1) is 0 Å². The number of nitrogens with two attached hydrogens (primary N) is 1. The van der Waals surface area contributed by atoms with Gasteiger partial charge in [-0.2, -0.15) is 0 Å². The van der Waals surface area contributed by atoms with Gasteiger partial charge in [-0.1, -0.05) is 0 Å². The fraction of sp³-hybridized carbons (Fsp3) is 0.650. The molecule has 2 aromatic heterocycles. The molecule has 0 saturated carbocycles. The molecule has 13 nitrogen and oxygen atoms in total. The Hall–Kier alpha value is -2.60. The summed E-state index contributed by atoms with van der Waals surface area (Å²) in [5, 5.41) is 0. The monoisotopic (exact) mass is 501 g/mol. The van der Waals surface area contributed by atoms with E-state index in [0.717, 1.165) is 0 Å². The smallest absolute Gasteiger partial charge is 0.350 e. The van der Waals surface area contributed by atoms with Crippen LogP contribution in [0.2, 0.25) is 0 Å². The average molecular weight is 501 g/mol. The SMILES string of the molecule is CC(C)(C)C(=O)OCc1nc(N)c2nc(COC(=O)C(C)(C)C)n(CCOCP(=O)(O)O)c2n1. The number of carbonyl (C=O) groups excluding carboxylic acids is 2. The minimum absolute atomic E-state index is 0.0325. The maximum Gasteiger partial charge on any atom is 0.350 e. The highest BCUT2D eigenvalue weighted by Crippen LogP contribution is 2.33. The van der Waals surface area contributed by atoms with Gasteiger partial charge in [0.05, 0.1) is 17.4 Å². The number of anilines is 1. The number of imidazole rings is 1. The molecule has 190 valence electrons. The van der Waals surface area contributed by atoms with Crippen LogP contribution in [-0.2, 0) is 48.1 Å². The van der Waals surface area contributed by atoms with E-state index in [0.29, 0.717) is 0 Å². The molecule has 0 amide bonds. The Morgan fingerprint density at radius 2 is 1.53 bits per heavy atom. The van der Waals surface area contributed by atoms with Crippen LogP contribution in [0.4, 0.5) is 5.82 Å². The zero-order chi connectivity index (χ0) is 25.9. The van der Waals surface area contributed by atoms with Crippen molar-refractivity contribution >= 4 is 36.5 Å². The third-order valence-electron chi connectivity index (χ3n) is 4.36. The lowest BCUT2D eigenvalue weighted by Crippen LogP contribution is -2.23. The van der Waals surface area contributed by atoms with Crippen LogP contribution in [0, 0.1) is 10.8 Å². The van der Waals surface area contributed by atoms with Crippen molar-refractivity contribution in [2.24, 2.45) is 10.8 Å². The summed E-state index contributed by atoms with van der Waals surface area (Å²) in [5.74, 6) is -0.429. The van der Waals surface area contributed by atoms with Crippen molar-refractivity contribution in [2.45, 2.75) is 61.3 Å². The summed E-state index contributed by atoms with van der Waals surface area (Å²) in [4.78, 5) is 55.2. The number of nitrogen functional groups attached to an aromatic ring is 1. The molecule has 0 spiro atoms. The summed E-state index contributed by atoms with van der Waals surface area (Å²) in [7, 11) is -4.34. The van der Waals surface area contributed by atoms with Crippen LogP contribution in [0.15, 0.2) is 0 Å². The van der Waals surface area contributed by atoms with E-state index in [1.54, 1.807) is 46.1 Å². The molecule has 0 bridgehead atoms. The lowest BCUT2D eigenvalue weighted by Gasteiger charge is -2.17. The summed E-state index contributed by atoms with van der Waals surface area (Å²) in [6, 6.07) is 0.